The molecule has 0 radical (unpaired) electrons. The minimum atomic E-state index is -0.0236. The molecule has 5 aromatic rings. The number of rotatable bonds is 2. The van der Waals surface area contributed by atoms with Gasteiger partial charge in [-0.1, -0.05) is 42.5 Å². The van der Waals surface area contributed by atoms with Crippen LogP contribution in [0.4, 0.5) is 0 Å². The fourth-order valence-electron chi connectivity index (χ4n) is 4.98. The zero-order chi connectivity index (χ0) is 26.4. The Morgan fingerprint density at radius 2 is 1.72 bits per heavy atom. The highest BCUT2D eigenvalue weighted by atomic mass is 16.5. The van der Waals surface area contributed by atoms with Crippen LogP contribution in [0.25, 0.3) is 22.0 Å². The quantitative estimate of drug-likeness (QED) is 0.291. The number of ether oxygens (including phenoxy) is 2. The van der Waals surface area contributed by atoms with Gasteiger partial charge in [-0.15, -0.1) is 0 Å². The Morgan fingerprint density at radius 1 is 0.795 bits per heavy atom. The van der Waals surface area contributed by atoms with Gasteiger partial charge in [0.25, 0.3) is 5.91 Å². The smallest absolute Gasteiger partial charge is 0.254 e. The van der Waals surface area contributed by atoms with E-state index in [2.05, 4.69) is 52.4 Å². The standard InChI is InChI=1S/C33H29N3O3/c37-33(28-8-10-31-27(21-28)6-3-13-35-31)36-14-15-38-16-17-39-32-11-9-26(29-7-2-12-34-22-29)20-30(32)19-24-4-1-5-25(18-24)23-36/h1-13,18,20-22H,14-17,19,23H2. The molecule has 194 valence electrons. The Kier molecular flexibility index (Phi) is 7.28. The number of carbonyl (C=O) groups excluding carboxylic acids is 1. The van der Waals surface area contributed by atoms with Gasteiger partial charge in [0.1, 0.15) is 12.4 Å². The average molecular weight is 516 g/mol. The molecule has 2 aromatic heterocycles. The van der Waals surface area contributed by atoms with Crippen molar-refractivity contribution in [2.45, 2.75) is 13.0 Å². The molecule has 0 spiro atoms. The number of nitrogens with zero attached hydrogens (tertiary/aromatic N) is 3. The van der Waals surface area contributed by atoms with Crippen LogP contribution in [0.3, 0.4) is 0 Å². The van der Waals surface area contributed by atoms with E-state index in [4.69, 9.17) is 9.47 Å². The third kappa shape index (κ3) is 5.81. The van der Waals surface area contributed by atoms with Crippen LogP contribution in [0.5, 0.6) is 5.75 Å². The van der Waals surface area contributed by atoms with Gasteiger partial charge in [0.15, 0.2) is 0 Å². The van der Waals surface area contributed by atoms with E-state index >= 15 is 0 Å². The summed E-state index contributed by atoms with van der Waals surface area (Å²) in [5.41, 5.74) is 7.02. The number of hydrogen-bond donors (Lipinski definition) is 0. The molecular weight excluding hydrogens is 486 g/mol. The first kappa shape index (κ1) is 24.8. The number of carbonyl (C=O) groups is 1. The molecule has 6 rings (SSSR count). The van der Waals surface area contributed by atoms with Crippen molar-refractivity contribution < 1.29 is 14.3 Å². The summed E-state index contributed by atoms with van der Waals surface area (Å²) in [6.45, 7) is 2.29. The van der Waals surface area contributed by atoms with Crippen molar-refractivity contribution in [3.8, 4) is 16.9 Å². The highest BCUT2D eigenvalue weighted by Gasteiger charge is 2.18. The number of aromatic nitrogens is 2. The van der Waals surface area contributed by atoms with Crippen molar-refractivity contribution in [1.29, 1.82) is 0 Å². The van der Waals surface area contributed by atoms with E-state index in [0.29, 0.717) is 44.9 Å². The molecule has 0 N–H and O–H groups in total. The van der Waals surface area contributed by atoms with Crippen LogP contribution >= 0.6 is 0 Å². The average Bonchev–Trinajstić information content (AvgIpc) is 2.98. The predicted molar refractivity (Wildman–Crippen MR) is 152 cm³/mol. The summed E-state index contributed by atoms with van der Waals surface area (Å²) in [7, 11) is 0. The topological polar surface area (TPSA) is 64.6 Å². The maximum atomic E-state index is 13.6. The minimum absolute atomic E-state index is 0.0236. The highest BCUT2D eigenvalue weighted by molar-refractivity contribution is 5.97. The second kappa shape index (κ2) is 11.5. The van der Waals surface area contributed by atoms with Gasteiger partial charge in [-0.05, 0) is 64.7 Å². The van der Waals surface area contributed by atoms with E-state index in [0.717, 1.165) is 44.5 Å². The SMILES string of the molecule is O=C(c1ccc2ncccc2c1)N1CCOCCOc2ccc(-c3cccnc3)cc2Cc2cccc(c2)C1. The lowest BCUT2D eigenvalue weighted by Crippen LogP contribution is -2.34. The summed E-state index contributed by atoms with van der Waals surface area (Å²) >= 11 is 0. The van der Waals surface area contributed by atoms with E-state index in [1.165, 1.54) is 0 Å². The zero-order valence-electron chi connectivity index (χ0n) is 21.6. The molecule has 0 saturated carbocycles. The molecule has 2 bridgehead atoms. The van der Waals surface area contributed by atoms with Crippen LogP contribution in [-0.2, 0) is 17.7 Å². The summed E-state index contributed by atoms with van der Waals surface area (Å²) in [5.74, 6) is 0.834. The van der Waals surface area contributed by atoms with E-state index in [9.17, 15) is 4.79 Å². The van der Waals surface area contributed by atoms with Crippen LogP contribution in [0, 0.1) is 0 Å². The molecule has 3 aromatic carbocycles. The van der Waals surface area contributed by atoms with Crippen LogP contribution in [-0.4, -0.2) is 47.1 Å². The molecule has 1 aliphatic rings. The second-order valence-electron chi connectivity index (χ2n) is 9.66. The number of pyridine rings is 2. The normalized spacial score (nSPS) is 14.2. The van der Waals surface area contributed by atoms with Crippen molar-refractivity contribution in [2.24, 2.45) is 0 Å². The Bertz CT molecular complexity index is 1600. The molecule has 0 aliphatic carbocycles. The van der Waals surface area contributed by atoms with E-state index < -0.39 is 0 Å². The summed E-state index contributed by atoms with van der Waals surface area (Å²) in [4.78, 5) is 24.1. The lowest BCUT2D eigenvalue weighted by atomic mass is 9.98. The number of benzene rings is 3. The van der Waals surface area contributed by atoms with Gasteiger partial charge >= 0.3 is 0 Å². The molecule has 39 heavy (non-hydrogen) atoms. The van der Waals surface area contributed by atoms with Crippen LogP contribution in [0.1, 0.15) is 27.0 Å². The van der Waals surface area contributed by atoms with E-state index in [-0.39, 0.29) is 5.91 Å². The molecule has 1 aliphatic heterocycles. The van der Waals surface area contributed by atoms with Crippen molar-refractivity contribution in [3.63, 3.8) is 0 Å². The fraction of sp³-hybridized carbons (Fsp3) is 0.182. The van der Waals surface area contributed by atoms with Crippen molar-refractivity contribution in [3.05, 3.63) is 126 Å². The first-order valence-electron chi connectivity index (χ1n) is 13.2. The number of hydrogen-bond acceptors (Lipinski definition) is 5. The van der Waals surface area contributed by atoms with Crippen LogP contribution < -0.4 is 4.74 Å². The van der Waals surface area contributed by atoms with Crippen molar-refractivity contribution in [1.82, 2.24) is 14.9 Å². The zero-order valence-corrected chi connectivity index (χ0v) is 21.6. The molecule has 0 atom stereocenters. The van der Waals surface area contributed by atoms with Gasteiger partial charge in [0.05, 0.1) is 18.7 Å². The van der Waals surface area contributed by atoms with Crippen molar-refractivity contribution >= 4 is 16.8 Å². The van der Waals surface area contributed by atoms with E-state index in [1.54, 1.807) is 12.4 Å². The Hall–Kier alpha value is -4.55. The van der Waals surface area contributed by atoms with Crippen molar-refractivity contribution in [2.75, 3.05) is 26.4 Å². The third-order valence-electron chi connectivity index (χ3n) is 6.94. The largest absolute Gasteiger partial charge is 0.491 e. The highest BCUT2D eigenvalue weighted by Crippen LogP contribution is 2.29. The van der Waals surface area contributed by atoms with Crippen LogP contribution in [0.15, 0.2) is 104 Å². The lowest BCUT2D eigenvalue weighted by Gasteiger charge is -2.24. The molecular formula is C33H29N3O3. The summed E-state index contributed by atoms with van der Waals surface area (Å²) in [6.07, 6.45) is 6.13. The van der Waals surface area contributed by atoms with Gasteiger partial charge in [-0.2, -0.15) is 0 Å². The summed E-state index contributed by atoms with van der Waals surface area (Å²) < 4.78 is 12.0. The third-order valence-corrected chi connectivity index (χ3v) is 6.94. The van der Waals surface area contributed by atoms with Crippen LogP contribution in [0.2, 0.25) is 0 Å². The van der Waals surface area contributed by atoms with Gasteiger partial charge in [0.2, 0.25) is 0 Å². The summed E-state index contributed by atoms with van der Waals surface area (Å²) in [5, 5.41) is 0.949. The Labute approximate surface area is 227 Å². The minimum Gasteiger partial charge on any atom is -0.491 e. The van der Waals surface area contributed by atoms with Gasteiger partial charge in [-0.25, -0.2) is 0 Å². The van der Waals surface area contributed by atoms with Gasteiger partial charge < -0.3 is 14.4 Å². The number of amides is 1. The Balaban J connectivity index is 1.30. The molecule has 6 nitrogen and oxygen atoms in total. The molecule has 0 unspecified atom stereocenters. The molecule has 3 heterocycles. The molecule has 1 amide bonds. The van der Waals surface area contributed by atoms with Gasteiger partial charge in [-0.3, -0.25) is 14.8 Å². The second-order valence-corrected chi connectivity index (χ2v) is 9.66. The first-order chi connectivity index (χ1) is 19.2. The summed E-state index contributed by atoms with van der Waals surface area (Å²) in [6, 6.07) is 28.3. The first-order valence-corrected chi connectivity index (χ1v) is 13.2. The molecule has 6 heteroatoms. The van der Waals surface area contributed by atoms with Gasteiger partial charge in [0, 0.05) is 54.6 Å². The lowest BCUT2D eigenvalue weighted by molar-refractivity contribution is 0.0571. The monoisotopic (exact) mass is 515 g/mol. The maximum absolute atomic E-state index is 13.6. The number of fused-ring (bicyclic) bond motifs is 4. The molecule has 0 fully saturated rings. The maximum Gasteiger partial charge on any atom is 0.254 e. The molecule has 0 saturated heterocycles. The van der Waals surface area contributed by atoms with E-state index in [1.807, 2.05) is 53.6 Å². The Morgan fingerprint density at radius 3 is 2.64 bits per heavy atom. The predicted octanol–water partition coefficient (Wildman–Crippen LogP) is 5.94. The fourth-order valence-corrected chi connectivity index (χ4v) is 4.98.